The zero-order valence-electron chi connectivity index (χ0n) is 13.8. The van der Waals surface area contributed by atoms with Gasteiger partial charge in [-0.05, 0) is 18.9 Å². The van der Waals surface area contributed by atoms with E-state index in [1.54, 1.807) is 7.11 Å². The molecule has 1 saturated heterocycles. The minimum Gasteiger partial charge on any atom is -0.383 e. The highest BCUT2D eigenvalue weighted by molar-refractivity contribution is 5.37. The molecule has 122 valence electrons. The van der Waals surface area contributed by atoms with Crippen LogP contribution in [0.2, 0.25) is 0 Å². The van der Waals surface area contributed by atoms with E-state index < -0.39 is 0 Å². The van der Waals surface area contributed by atoms with E-state index in [0.717, 1.165) is 43.4 Å². The van der Waals surface area contributed by atoms with Crippen molar-refractivity contribution in [3.05, 3.63) is 53.5 Å². The van der Waals surface area contributed by atoms with Crippen molar-refractivity contribution in [1.82, 2.24) is 14.9 Å². The zero-order valence-corrected chi connectivity index (χ0v) is 13.8. The molecule has 0 saturated carbocycles. The van der Waals surface area contributed by atoms with Crippen molar-refractivity contribution in [2.45, 2.75) is 25.9 Å². The average Bonchev–Trinajstić information content (AvgIpc) is 2.52. The molecule has 1 aliphatic heterocycles. The number of rotatable bonds is 7. The van der Waals surface area contributed by atoms with Crippen LogP contribution in [0.25, 0.3) is 0 Å². The summed E-state index contributed by atoms with van der Waals surface area (Å²) in [4.78, 5) is 11.6. The fourth-order valence-corrected chi connectivity index (χ4v) is 2.92. The van der Waals surface area contributed by atoms with E-state index in [9.17, 15) is 0 Å². The van der Waals surface area contributed by atoms with Crippen LogP contribution in [0.4, 0.5) is 5.82 Å². The summed E-state index contributed by atoms with van der Waals surface area (Å²) in [7, 11) is 1.70. The van der Waals surface area contributed by atoms with Crippen molar-refractivity contribution in [3.8, 4) is 0 Å². The summed E-state index contributed by atoms with van der Waals surface area (Å²) in [5, 5.41) is 3.30. The Balaban J connectivity index is 1.68. The van der Waals surface area contributed by atoms with Gasteiger partial charge >= 0.3 is 0 Å². The summed E-state index contributed by atoms with van der Waals surface area (Å²) in [5.74, 6) is 1.70. The molecule has 0 amide bonds. The van der Waals surface area contributed by atoms with Gasteiger partial charge < -0.3 is 10.1 Å². The van der Waals surface area contributed by atoms with E-state index >= 15 is 0 Å². The number of anilines is 1. The third kappa shape index (κ3) is 4.06. The van der Waals surface area contributed by atoms with Crippen LogP contribution in [0.15, 0.2) is 36.4 Å². The lowest BCUT2D eigenvalue weighted by Gasteiger charge is -2.40. The highest BCUT2D eigenvalue weighted by Crippen LogP contribution is 2.34. The Morgan fingerprint density at radius 3 is 2.78 bits per heavy atom. The van der Waals surface area contributed by atoms with Crippen LogP contribution in [0, 0.1) is 6.92 Å². The molecule has 1 N–H and O–H groups in total. The lowest BCUT2D eigenvalue weighted by Crippen LogP contribution is -2.40. The second-order valence-corrected chi connectivity index (χ2v) is 5.91. The average molecular weight is 312 g/mol. The van der Waals surface area contributed by atoms with Gasteiger partial charge in [-0.3, -0.25) is 4.90 Å². The van der Waals surface area contributed by atoms with Gasteiger partial charge in [-0.1, -0.05) is 30.3 Å². The maximum absolute atomic E-state index is 5.07. The van der Waals surface area contributed by atoms with Gasteiger partial charge in [0.25, 0.3) is 0 Å². The van der Waals surface area contributed by atoms with E-state index in [1.807, 2.05) is 6.92 Å². The third-order valence-corrected chi connectivity index (χ3v) is 4.17. The summed E-state index contributed by atoms with van der Waals surface area (Å²) < 4.78 is 5.07. The van der Waals surface area contributed by atoms with Gasteiger partial charge in [0.1, 0.15) is 11.6 Å². The summed E-state index contributed by atoms with van der Waals surface area (Å²) in [6, 6.07) is 13.1. The van der Waals surface area contributed by atoms with E-state index in [1.165, 1.54) is 5.56 Å². The lowest BCUT2D eigenvalue weighted by atomic mass is 9.98. The van der Waals surface area contributed by atoms with E-state index in [0.29, 0.717) is 12.6 Å². The molecule has 2 heterocycles. The van der Waals surface area contributed by atoms with E-state index in [2.05, 4.69) is 56.6 Å². The predicted molar refractivity (Wildman–Crippen MR) is 91.3 cm³/mol. The van der Waals surface area contributed by atoms with Crippen molar-refractivity contribution >= 4 is 5.82 Å². The molecule has 1 atom stereocenters. The number of nitrogens with one attached hydrogen (secondary N) is 1. The highest BCUT2D eigenvalue weighted by atomic mass is 16.5. The zero-order chi connectivity index (χ0) is 16.1. The van der Waals surface area contributed by atoms with Crippen LogP contribution < -0.4 is 5.32 Å². The van der Waals surface area contributed by atoms with Gasteiger partial charge in [-0.25, -0.2) is 9.97 Å². The second kappa shape index (κ2) is 7.53. The first-order chi connectivity index (χ1) is 11.3. The minimum absolute atomic E-state index is 0.389. The standard InChI is InChI=1S/C18H24N4O/c1-14-20-16(12-18(21-14)19-9-11-23-2)17-8-10-22(17)13-15-6-4-3-5-7-15/h3-7,12,17H,8-11,13H2,1-2H3,(H,19,20,21)/t17-/m0/s1. The summed E-state index contributed by atoms with van der Waals surface area (Å²) in [5.41, 5.74) is 2.46. The van der Waals surface area contributed by atoms with Crippen LogP contribution in [0.5, 0.6) is 0 Å². The SMILES string of the molecule is COCCNc1cc([C@@H]2CCN2Cc2ccccc2)nc(C)n1. The molecule has 1 aromatic carbocycles. The molecule has 0 bridgehead atoms. The molecule has 1 aliphatic rings. The number of likely N-dealkylation sites (tertiary alicyclic amines) is 1. The predicted octanol–water partition coefficient (Wildman–Crippen LogP) is 2.79. The van der Waals surface area contributed by atoms with Crippen molar-refractivity contribution in [3.63, 3.8) is 0 Å². The number of nitrogens with zero attached hydrogens (tertiary/aromatic N) is 3. The number of ether oxygens (including phenoxy) is 1. The third-order valence-electron chi connectivity index (χ3n) is 4.17. The quantitative estimate of drug-likeness (QED) is 0.797. The lowest BCUT2D eigenvalue weighted by molar-refractivity contribution is 0.0785. The van der Waals surface area contributed by atoms with Gasteiger partial charge in [0.15, 0.2) is 0 Å². The largest absolute Gasteiger partial charge is 0.383 e. The smallest absolute Gasteiger partial charge is 0.130 e. The van der Waals surface area contributed by atoms with Crippen LogP contribution in [0.1, 0.15) is 29.5 Å². The Hall–Kier alpha value is -1.98. The fourth-order valence-electron chi connectivity index (χ4n) is 2.92. The molecule has 5 nitrogen and oxygen atoms in total. The topological polar surface area (TPSA) is 50.3 Å². The minimum atomic E-state index is 0.389. The monoisotopic (exact) mass is 312 g/mol. The molecule has 1 aromatic heterocycles. The van der Waals surface area contributed by atoms with Crippen LogP contribution in [-0.4, -0.2) is 41.7 Å². The Morgan fingerprint density at radius 2 is 2.09 bits per heavy atom. The van der Waals surface area contributed by atoms with Crippen molar-refractivity contribution < 1.29 is 4.74 Å². The van der Waals surface area contributed by atoms with Crippen LogP contribution in [0.3, 0.4) is 0 Å². The highest BCUT2D eigenvalue weighted by Gasteiger charge is 2.30. The maximum Gasteiger partial charge on any atom is 0.130 e. The first kappa shape index (κ1) is 15.9. The number of hydrogen-bond acceptors (Lipinski definition) is 5. The van der Waals surface area contributed by atoms with Crippen LogP contribution in [-0.2, 0) is 11.3 Å². The number of benzene rings is 1. The molecule has 3 rings (SSSR count). The number of aromatic nitrogens is 2. The van der Waals surface area contributed by atoms with E-state index in [-0.39, 0.29) is 0 Å². The molecular formula is C18H24N4O. The number of methoxy groups -OCH3 is 1. The van der Waals surface area contributed by atoms with Gasteiger partial charge in [-0.2, -0.15) is 0 Å². The molecule has 0 spiro atoms. The number of aryl methyl sites for hydroxylation is 1. The Morgan fingerprint density at radius 1 is 1.26 bits per heavy atom. The molecule has 0 unspecified atom stereocenters. The fraction of sp³-hybridized carbons (Fsp3) is 0.444. The van der Waals surface area contributed by atoms with Gasteiger partial charge in [0.2, 0.25) is 0 Å². The molecule has 23 heavy (non-hydrogen) atoms. The molecule has 1 fully saturated rings. The summed E-state index contributed by atoms with van der Waals surface area (Å²) in [6.45, 7) is 5.47. The normalized spacial score (nSPS) is 17.7. The Bertz CT molecular complexity index is 632. The van der Waals surface area contributed by atoms with Gasteiger partial charge in [0, 0.05) is 32.8 Å². The maximum atomic E-state index is 5.07. The summed E-state index contributed by atoms with van der Waals surface area (Å²) >= 11 is 0. The molecule has 5 heteroatoms. The first-order valence-electron chi connectivity index (χ1n) is 8.12. The first-order valence-corrected chi connectivity index (χ1v) is 8.12. The molecule has 0 aliphatic carbocycles. The van der Waals surface area contributed by atoms with E-state index in [4.69, 9.17) is 4.74 Å². The van der Waals surface area contributed by atoms with Crippen molar-refractivity contribution in [2.75, 3.05) is 32.1 Å². The Kier molecular flexibility index (Phi) is 5.20. The summed E-state index contributed by atoms with van der Waals surface area (Å²) in [6.07, 6.45) is 1.15. The van der Waals surface area contributed by atoms with Crippen LogP contribution >= 0.6 is 0 Å². The molecular weight excluding hydrogens is 288 g/mol. The van der Waals surface area contributed by atoms with Gasteiger partial charge in [-0.15, -0.1) is 0 Å². The number of hydrogen-bond donors (Lipinski definition) is 1. The van der Waals surface area contributed by atoms with Gasteiger partial charge in [0.05, 0.1) is 18.3 Å². The molecule has 0 radical (unpaired) electrons. The second-order valence-electron chi connectivity index (χ2n) is 5.91. The molecule has 2 aromatic rings. The van der Waals surface area contributed by atoms with Crippen molar-refractivity contribution in [1.29, 1.82) is 0 Å². The van der Waals surface area contributed by atoms with Crippen molar-refractivity contribution in [2.24, 2.45) is 0 Å². The Labute approximate surface area is 137 Å².